The molecule has 0 radical (unpaired) electrons. The van der Waals surface area contributed by atoms with Crippen LogP contribution in [0.25, 0.3) is 16.0 Å². The van der Waals surface area contributed by atoms with Gasteiger partial charge in [-0.15, -0.1) is 18.8 Å². The average Bonchev–Trinajstić information content (AvgIpc) is 2.81. The average molecular weight is 755 g/mol. The number of amides is 3. The number of nitrogens with zero attached hydrogens (tertiary/aromatic N) is 3. The molecule has 1 atom stereocenters. The molecule has 9 nitrogen and oxygen atoms in total. The first-order chi connectivity index (χ1) is 17.2. The quantitative estimate of drug-likeness (QED) is 0.132. The van der Waals surface area contributed by atoms with Crippen LogP contribution in [0, 0.1) is 11.8 Å². The molecule has 1 fully saturated rings. The summed E-state index contributed by atoms with van der Waals surface area (Å²) in [6, 6.07) is 6.63. The van der Waals surface area contributed by atoms with Gasteiger partial charge in [0.1, 0.15) is 11.6 Å². The predicted octanol–water partition coefficient (Wildman–Crippen LogP) is -4.26. The number of ketones is 2. The predicted molar refractivity (Wildman–Crippen MR) is 136 cm³/mol. The number of rotatable bonds is 15. The summed E-state index contributed by atoms with van der Waals surface area (Å²) in [5.74, 6) is -1.51. The zero-order valence-corrected chi connectivity index (χ0v) is 39.0. The van der Waals surface area contributed by atoms with Crippen molar-refractivity contribution in [1.29, 1.82) is 0 Å². The molecule has 2 rings (SSSR count). The fourth-order valence-corrected chi connectivity index (χ4v) is 3.83. The summed E-state index contributed by atoms with van der Waals surface area (Å²) >= 11 is 0. The van der Waals surface area contributed by atoms with E-state index >= 15 is 0 Å². The smallest absolute Gasteiger partial charge is 0.653 e. The standard InChI is InChI=1S/C27H39N3O6.3Rb/c1-19(2)16-25(33)28-12-5-14-36-15-13-29-26(34)18-27(35)30-21-10-8-20(9-11-21)17-24(32)22-6-3-4-7-23(22)31;;;/h8-11,19,22H,3-7,12-18H2,1-2H3,(H3,28,29,30,33,34,35);;;/q;3*+1/p-3. The molecule has 0 saturated heterocycles. The molecular formula is C27H36N3O6Rb3. The molecule has 1 aliphatic rings. The van der Waals surface area contributed by atoms with Crippen molar-refractivity contribution in [2.45, 2.75) is 65.2 Å². The molecule has 1 aromatic carbocycles. The van der Waals surface area contributed by atoms with Crippen LogP contribution in [0.4, 0.5) is 5.69 Å². The third kappa shape index (κ3) is 20.1. The summed E-state index contributed by atoms with van der Waals surface area (Å²) < 4.78 is 5.36. The number of hydrogen-bond acceptors (Lipinski definition) is 6. The second kappa shape index (κ2) is 25.7. The number of Topliss-reactive ketones (excluding diaryl/α,β-unsaturated/α-hetero) is 2. The Bertz CT molecular complexity index is 913. The van der Waals surface area contributed by atoms with Gasteiger partial charge in [-0.3, -0.25) is 9.59 Å². The van der Waals surface area contributed by atoms with Gasteiger partial charge in [-0.2, -0.15) is 0 Å². The third-order valence-electron chi connectivity index (χ3n) is 5.66. The van der Waals surface area contributed by atoms with E-state index in [9.17, 15) is 24.0 Å². The van der Waals surface area contributed by atoms with Gasteiger partial charge in [-0.05, 0) is 37.2 Å². The summed E-state index contributed by atoms with van der Waals surface area (Å²) in [5.41, 5.74) is 1.14. The molecule has 12 heteroatoms. The first-order valence-corrected chi connectivity index (χ1v) is 12.6. The van der Waals surface area contributed by atoms with Gasteiger partial charge in [0.2, 0.25) is 0 Å². The van der Waals surface area contributed by atoms with Crippen molar-refractivity contribution in [2.75, 3.05) is 26.3 Å². The minimum atomic E-state index is -0.603. The molecule has 1 aromatic rings. The molecule has 39 heavy (non-hydrogen) atoms. The van der Waals surface area contributed by atoms with E-state index in [1.165, 1.54) is 0 Å². The van der Waals surface area contributed by atoms with Gasteiger partial charge in [0.25, 0.3) is 0 Å². The van der Waals surface area contributed by atoms with E-state index in [-0.39, 0.29) is 212 Å². The summed E-state index contributed by atoms with van der Waals surface area (Å²) in [4.78, 5) is 59.8. The Balaban J connectivity index is 0. The summed E-state index contributed by atoms with van der Waals surface area (Å²) in [5, 5.41) is 11.6. The Morgan fingerprint density at radius 1 is 0.897 bits per heavy atom. The Morgan fingerprint density at radius 3 is 2.21 bits per heavy atom. The Morgan fingerprint density at radius 2 is 1.56 bits per heavy atom. The fourth-order valence-electron chi connectivity index (χ4n) is 3.83. The van der Waals surface area contributed by atoms with Crippen molar-refractivity contribution in [3.63, 3.8) is 0 Å². The van der Waals surface area contributed by atoms with E-state index in [2.05, 4.69) is 16.0 Å². The van der Waals surface area contributed by atoms with Crippen molar-refractivity contribution in [1.82, 2.24) is 0 Å². The fraction of sp³-hybridized carbons (Fsp3) is 0.593. The van der Waals surface area contributed by atoms with Crippen LogP contribution in [-0.2, 0) is 35.1 Å². The van der Waals surface area contributed by atoms with Crippen LogP contribution in [0.3, 0.4) is 0 Å². The topological polar surface area (TPSA) is 137 Å². The molecule has 3 amide bonds. The minimum Gasteiger partial charge on any atom is -0.653 e. The van der Waals surface area contributed by atoms with Crippen molar-refractivity contribution in [3.8, 4) is 0 Å². The van der Waals surface area contributed by atoms with Crippen LogP contribution < -0.4 is 175 Å². The monoisotopic (exact) mass is 753 g/mol. The number of benzene rings is 1. The number of hydrogen-bond donors (Lipinski definition) is 0. The van der Waals surface area contributed by atoms with E-state index in [4.69, 9.17) is 4.74 Å². The second-order valence-electron chi connectivity index (χ2n) is 9.37. The molecule has 0 bridgehead atoms. The third-order valence-corrected chi connectivity index (χ3v) is 5.66. The van der Waals surface area contributed by atoms with Gasteiger partial charge in [0.05, 0.1) is 23.6 Å². The largest absolute Gasteiger partial charge is 1.00 e. The molecule has 0 aliphatic heterocycles. The number of carbonyl (C=O) groups is 5. The second-order valence-corrected chi connectivity index (χ2v) is 9.37. The number of ether oxygens (including phenoxy) is 1. The van der Waals surface area contributed by atoms with Crippen LogP contribution in [0.15, 0.2) is 24.3 Å². The van der Waals surface area contributed by atoms with Crippen LogP contribution >= 0.6 is 0 Å². The normalized spacial score (nSPS) is 14.2. The van der Waals surface area contributed by atoms with Crippen molar-refractivity contribution < 1.29 is 203 Å². The van der Waals surface area contributed by atoms with Crippen molar-refractivity contribution in [2.24, 2.45) is 11.8 Å². The first-order valence-electron chi connectivity index (χ1n) is 12.6. The van der Waals surface area contributed by atoms with Crippen LogP contribution in [-0.4, -0.2) is 55.6 Å². The Kier molecular flexibility index (Phi) is 28.6. The molecule has 1 aliphatic carbocycles. The van der Waals surface area contributed by atoms with Crippen LogP contribution in [0.5, 0.6) is 0 Å². The van der Waals surface area contributed by atoms with Crippen LogP contribution in [0.1, 0.15) is 64.4 Å². The van der Waals surface area contributed by atoms with E-state index in [0.717, 1.165) is 18.4 Å². The molecular weight excluding hydrogens is 719 g/mol. The zero-order chi connectivity index (χ0) is 26.3. The zero-order valence-electron chi connectivity index (χ0n) is 24.2. The van der Waals surface area contributed by atoms with Gasteiger partial charge in [0, 0.05) is 32.5 Å². The van der Waals surface area contributed by atoms with E-state index in [1.807, 2.05) is 13.8 Å². The van der Waals surface area contributed by atoms with Crippen LogP contribution in [0.2, 0.25) is 0 Å². The molecule has 0 spiro atoms. The Hall–Kier alpha value is 2.35. The van der Waals surface area contributed by atoms with Gasteiger partial charge in [-0.25, -0.2) is 0 Å². The van der Waals surface area contributed by atoms with E-state index in [0.29, 0.717) is 50.4 Å². The van der Waals surface area contributed by atoms with Gasteiger partial charge >= 0.3 is 175 Å². The maximum Gasteiger partial charge on any atom is 1.00 e. The summed E-state index contributed by atoms with van der Waals surface area (Å²) in [6.45, 7) is 5.14. The molecule has 0 heterocycles. The SMILES string of the molecule is CC(C)CC(=O)[N-]CCCOCC[N-]C(=O)CC(=O)[N-]c1ccc(CC(=O)C2CCCCC2=O)cc1.[Rb+].[Rb+].[Rb+]. The van der Waals surface area contributed by atoms with Gasteiger partial charge in [-0.1, -0.05) is 44.5 Å². The van der Waals surface area contributed by atoms with Gasteiger partial charge in [0.15, 0.2) is 0 Å². The molecule has 0 N–H and O–H groups in total. The summed E-state index contributed by atoms with van der Waals surface area (Å²) in [7, 11) is 0. The number of carbonyl (C=O) groups excluding carboxylic acids is 5. The van der Waals surface area contributed by atoms with Crippen molar-refractivity contribution in [3.05, 3.63) is 45.8 Å². The molecule has 1 saturated carbocycles. The maximum atomic E-state index is 12.4. The summed E-state index contributed by atoms with van der Waals surface area (Å²) in [6.07, 6.45) is 3.67. The maximum absolute atomic E-state index is 12.4. The molecule has 198 valence electrons. The molecule has 0 aromatic heterocycles. The Labute approximate surface area is 379 Å². The molecule has 1 unspecified atom stereocenters. The first kappa shape index (κ1) is 43.5. The van der Waals surface area contributed by atoms with Crippen molar-refractivity contribution >= 4 is 35.0 Å². The van der Waals surface area contributed by atoms with E-state index in [1.54, 1.807) is 24.3 Å². The van der Waals surface area contributed by atoms with Gasteiger partial charge < -0.3 is 35.1 Å². The van der Waals surface area contributed by atoms with E-state index < -0.39 is 24.2 Å². The minimum absolute atomic E-state index is 0.